The van der Waals surface area contributed by atoms with Gasteiger partial charge in [-0.05, 0) is 0 Å². The third-order valence-corrected chi connectivity index (χ3v) is 0.766. The van der Waals surface area contributed by atoms with Crippen LogP contribution >= 0.6 is 0 Å². The van der Waals surface area contributed by atoms with Crippen molar-refractivity contribution in [2.24, 2.45) is 0 Å². The van der Waals surface area contributed by atoms with Crippen molar-refractivity contribution in [2.75, 3.05) is 0 Å². The molecule has 15 heavy (non-hydrogen) atoms. The van der Waals surface area contributed by atoms with Gasteiger partial charge in [0.1, 0.15) is 0 Å². The predicted molar refractivity (Wildman–Crippen MR) is 29.5 cm³/mol. The van der Waals surface area contributed by atoms with Gasteiger partial charge in [-0.3, -0.25) is 9.11 Å². The average Bonchev–Trinajstić information content (AvgIpc) is 1.76. The molecule has 0 bridgehead atoms. The van der Waals surface area contributed by atoms with E-state index in [4.69, 9.17) is 24.8 Å². The Labute approximate surface area is 84.4 Å². The van der Waals surface area contributed by atoms with Gasteiger partial charge in [-0.25, -0.2) is 0 Å². The second-order valence-corrected chi connectivity index (χ2v) is 4.61. The van der Waals surface area contributed by atoms with Gasteiger partial charge in [0, 0.05) is 0 Å². The molecular formula is H3MnO12S2. The molecule has 0 unspecified atom stereocenters. The Balaban J connectivity index is 0. The van der Waals surface area contributed by atoms with Crippen LogP contribution < -0.4 is 0 Å². The molecule has 0 aliphatic heterocycles. The molecule has 0 atom stereocenters. The zero-order chi connectivity index (χ0) is 12.9. The average molecular weight is 314 g/mol. The van der Waals surface area contributed by atoms with Crippen LogP contribution in [0.2, 0.25) is 0 Å². The first-order chi connectivity index (χ1) is 6.21. The first-order valence-electron chi connectivity index (χ1n) is 2.16. The minimum absolute atomic E-state index is 2.78. The fourth-order valence-electron chi connectivity index (χ4n) is 0.0702. The minimum atomic E-state index is -5.38. The molecule has 15 heteroatoms. The summed E-state index contributed by atoms with van der Waals surface area (Å²) in [6.45, 7) is 0. The fraction of sp³-hybridized carbons (Fsp3) is 0. The SMILES string of the molecule is O=S(=O)(O)OOS(=O)(=O)O.[O]=[Mn](=[O])(=[O])[OH]. The van der Waals surface area contributed by atoms with Crippen LogP contribution in [0, 0.1) is 0 Å². The van der Waals surface area contributed by atoms with Crippen LogP contribution in [-0.2, 0) is 53.9 Å². The summed E-state index contributed by atoms with van der Waals surface area (Å²) in [5, 5.41) is 0. The van der Waals surface area contributed by atoms with Crippen molar-refractivity contribution >= 4 is 20.8 Å². The van der Waals surface area contributed by atoms with Gasteiger partial charge >= 0.3 is 49.5 Å². The summed E-state index contributed by atoms with van der Waals surface area (Å²) in [6, 6.07) is 0. The molecule has 0 saturated heterocycles. The van der Waals surface area contributed by atoms with Crippen LogP contribution in [0.25, 0.3) is 0 Å². The van der Waals surface area contributed by atoms with E-state index >= 15 is 0 Å². The Hall–Kier alpha value is -0.381. The number of hydrogen-bond acceptors (Lipinski definition) is 9. The first kappa shape index (κ1) is 17.0. The molecular weight excluding hydrogens is 311 g/mol. The molecule has 0 saturated carbocycles. The van der Waals surface area contributed by atoms with E-state index in [0.29, 0.717) is 0 Å². The standard InChI is InChI=1S/Mn.H2O8S2.H2O.3O/c;1-9(2,3)7-8-10(4,5)6;;;;/h;(H,1,2,3)(H,4,5,6);1H2;;;/q+1;;;;;/p-1. The Morgan fingerprint density at radius 1 is 0.800 bits per heavy atom. The van der Waals surface area contributed by atoms with Gasteiger partial charge in [0.2, 0.25) is 0 Å². The monoisotopic (exact) mass is 314 g/mol. The van der Waals surface area contributed by atoms with Crippen LogP contribution in [0.4, 0.5) is 0 Å². The van der Waals surface area contributed by atoms with E-state index in [1.54, 1.807) is 0 Å². The number of rotatable bonds is 3. The maximum atomic E-state index is 9.51. The van der Waals surface area contributed by atoms with E-state index in [1.807, 2.05) is 0 Å². The van der Waals surface area contributed by atoms with Gasteiger partial charge < -0.3 is 0 Å². The molecule has 0 fully saturated rings. The molecule has 3 N–H and O–H groups in total. The Morgan fingerprint density at radius 2 is 0.933 bits per heavy atom. The van der Waals surface area contributed by atoms with Gasteiger partial charge in [0.15, 0.2) is 0 Å². The topological polar surface area (TPSA) is 199 Å². The molecule has 0 aromatic carbocycles. The molecule has 0 aliphatic carbocycles. The molecule has 0 radical (unpaired) electrons. The van der Waals surface area contributed by atoms with Crippen molar-refractivity contribution in [1.29, 1.82) is 0 Å². The fourth-order valence-corrected chi connectivity index (χ4v) is 0.632. The summed E-state index contributed by atoms with van der Waals surface area (Å²) in [5.41, 5.74) is 0. The summed E-state index contributed by atoms with van der Waals surface area (Å²) >= 11 is -5.38. The maximum absolute atomic E-state index is 9.51. The van der Waals surface area contributed by atoms with Gasteiger partial charge in [-0.2, -0.15) is 16.8 Å². The van der Waals surface area contributed by atoms with Crippen molar-refractivity contribution in [2.45, 2.75) is 0 Å². The zero-order valence-electron chi connectivity index (χ0n) is 6.21. The first-order valence-corrected chi connectivity index (χ1v) is 6.87. The molecule has 0 aliphatic rings. The second-order valence-electron chi connectivity index (χ2n) is 1.39. The third-order valence-electron chi connectivity index (χ3n) is 0.200. The van der Waals surface area contributed by atoms with E-state index in [9.17, 15) is 16.8 Å². The molecule has 0 heterocycles. The molecule has 0 rings (SSSR count). The Bertz CT molecular complexity index is 473. The zero-order valence-corrected chi connectivity index (χ0v) is 9.02. The van der Waals surface area contributed by atoms with Crippen LogP contribution in [0.5, 0.6) is 0 Å². The van der Waals surface area contributed by atoms with E-state index in [2.05, 4.69) is 8.67 Å². The molecule has 0 spiro atoms. The van der Waals surface area contributed by atoms with Crippen LogP contribution in [0.1, 0.15) is 0 Å². The summed E-state index contributed by atoms with van der Waals surface area (Å²) < 4.78 is 91.9. The van der Waals surface area contributed by atoms with Gasteiger partial charge in [0.25, 0.3) is 0 Å². The van der Waals surface area contributed by atoms with Crippen molar-refractivity contribution < 1.29 is 63.3 Å². The predicted octanol–water partition coefficient (Wildman–Crippen LogP) is -2.38. The van der Waals surface area contributed by atoms with E-state index in [-0.39, 0.29) is 0 Å². The van der Waals surface area contributed by atoms with E-state index in [1.165, 1.54) is 0 Å². The second kappa shape index (κ2) is 5.63. The van der Waals surface area contributed by atoms with Crippen molar-refractivity contribution in [3.63, 3.8) is 0 Å². The Kier molecular flexibility index (Phi) is 6.40. The molecule has 0 aromatic heterocycles. The van der Waals surface area contributed by atoms with Crippen molar-refractivity contribution in [3.05, 3.63) is 0 Å². The Morgan fingerprint density at radius 3 is 1.00 bits per heavy atom. The normalized spacial score (nSPS) is 12.7. The van der Waals surface area contributed by atoms with Gasteiger partial charge in [-0.1, -0.05) is 8.67 Å². The molecule has 94 valence electrons. The number of hydrogen-bond donors (Lipinski definition) is 3. The summed E-state index contributed by atoms with van der Waals surface area (Å²) in [7, 11) is -10.0. The van der Waals surface area contributed by atoms with Crippen molar-refractivity contribution in [1.82, 2.24) is 0 Å². The molecule has 0 amide bonds. The molecule has 0 aromatic rings. The van der Waals surface area contributed by atoms with Gasteiger partial charge in [0.05, 0.1) is 0 Å². The van der Waals surface area contributed by atoms with Crippen LogP contribution in [0.3, 0.4) is 0 Å². The van der Waals surface area contributed by atoms with Crippen LogP contribution in [-0.4, -0.2) is 30.1 Å². The van der Waals surface area contributed by atoms with Crippen LogP contribution in [0.15, 0.2) is 0 Å². The summed E-state index contributed by atoms with van der Waals surface area (Å²) in [4.78, 5) is 0. The molecule has 12 nitrogen and oxygen atoms in total. The summed E-state index contributed by atoms with van der Waals surface area (Å²) in [6.07, 6.45) is 0. The van der Waals surface area contributed by atoms with Crippen molar-refractivity contribution in [3.8, 4) is 0 Å². The van der Waals surface area contributed by atoms with E-state index in [0.717, 1.165) is 0 Å². The van der Waals surface area contributed by atoms with Gasteiger partial charge in [-0.15, -0.1) is 0 Å². The van der Waals surface area contributed by atoms with E-state index < -0.39 is 33.8 Å². The summed E-state index contributed by atoms with van der Waals surface area (Å²) in [5.74, 6) is 0. The third kappa shape index (κ3) is 42.0. The quantitative estimate of drug-likeness (QED) is 0.216.